The first-order valence-corrected chi connectivity index (χ1v) is 9.12. The van der Waals surface area contributed by atoms with Gasteiger partial charge >= 0.3 is 5.97 Å². The van der Waals surface area contributed by atoms with Crippen molar-refractivity contribution >= 4 is 46.6 Å². The van der Waals surface area contributed by atoms with Gasteiger partial charge < -0.3 is 15.7 Å². The molecule has 0 saturated carbocycles. The Balaban J connectivity index is 0.00000151. The molecule has 1 aromatic carbocycles. The number of aromatic carboxylic acids is 1. The molecule has 6 nitrogen and oxygen atoms in total. The van der Waals surface area contributed by atoms with Crippen molar-refractivity contribution < 1.29 is 14.7 Å². The van der Waals surface area contributed by atoms with Crippen molar-refractivity contribution in [1.82, 2.24) is 10.3 Å². The van der Waals surface area contributed by atoms with E-state index in [1.165, 1.54) is 31.1 Å². The lowest BCUT2D eigenvalue weighted by molar-refractivity contribution is 0.0696. The van der Waals surface area contributed by atoms with Crippen molar-refractivity contribution in [2.24, 2.45) is 0 Å². The Morgan fingerprint density at radius 1 is 1.20 bits per heavy atom. The van der Waals surface area contributed by atoms with Crippen molar-refractivity contribution in [3.8, 4) is 0 Å². The van der Waals surface area contributed by atoms with Gasteiger partial charge in [0.2, 0.25) is 0 Å². The van der Waals surface area contributed by atoms with Gasteiger partial charge in [-0.3, -0.25) is 4.79 Å². The summed E-state index contributed by atoms with van der Waals surface area (Å²) in [5.41, 5.74) is 1.70. The van der Waals surface area contributed by atoms with E-state index in [0.717, 1.165) is 4.90 Å². The largest absolute Gasteiger partial charge is 0.478 e. The number of anilines is 2. The average Bonchev–Trinajstić information content (AvgIpc) is 2.63. The first kappa shape index (κ1) is 20.8. The highest BCUT2D eigenvalue weighted by molar-refractivity contribution is 7.98. The number of hydrogen-bond donors (Lipinski definition) is 3. The highest BCUT2D eigenvalue weighted by atomic mass is 35.5. The number of halogens is 1. The van der Waals surface area contributed by atoms with E-state index in [9.17, 15) is 9.59 Å². The predicted molar refractivity (Wildman–Crippen MR) is 102 cm³/mol. The van der Waals surface area contributed by atoms with E-state index in [2.05, 4.69) is 15.6 Å². The van der Waals surface area contributed by atoms with Crippen LogP contribution in [0.25, 0.3) is 0 Å². The van der Waals surface area contributed by atoms with Crippen molar-refractivity contribution in [3.05, 3.63) is 46.7 Å². The molecule has 25 heavy (non-hydrogen) atoms. The molecule has 0 saturated heterocycles. The summed E-state index contributed by atoms with van der Waals surface area (Å²) in [5, 5.41) is 15.0. The van der Waals surface area contributed by atoms with Gasteiger partial charge in [0, 0.05) is 18.1 Å². The minimum absolute atomic E-state index is 0.194. The zero-order chi connectivity index (χ0) is 19.0. The molecule has 8 heteroatoms. The van der Waals surface area contributed by atoms with Gasteiger partial charge in [-0.05, 0) is 30.5 Å². The number of thioether (sulfide) groups is 1. The topological polar surface area (TPSA) is 91.3 Å². The van der Waals surface area contributed by atoms with Crippen LogP contribution < -0.4 is 10.6 Å². The number of carboxylic acid groups (broad SMARTS) is 1. The predicted octanol–water partition coefficient (Wildman–Crippen LogP) is 4.28. The fourth-order valence-electron chi connectivity index (χ4n) is 1.92. The number of nitrogens with one attached hydrogen (secondary N) is 2. The normalized spacial score (nSPS) is 9.64. The lowest BCUT2D eigenvalue weighted by Crippen LogP contribution is -2.19. The fourth-order valence-corrected chi connectivity index (χ4v) is 2.66. The molecular formula is C17H20ClN3O3S. The first-order chi connectivity index (χ1) is 12.0. The third-order valence-corrected chi connectivity index (χ3v) is 4.04. The van der Waals surface area contributed by atoms with Gasteiger partial charge in [0.25, 0.3) is 5.91 Å². The van der Waals surface area contributed by atoms with E-state index in [-0.39, 0.29) is 16.6 Å². The summed E-state index contributed by atoms with van der Waals surface area (Å²) in [4.78, 5) is 27.6. The number of carboxylic acids is 1. The molecule has 2 aromatic rings. The molecule has 0 bridgehead atoms. The molecular weight excluding hydrogens is 362 g/mol. The lowest BCUT2D eigenvalue weighted by atomic mass is 10.1. The van der Waals surface area contributed by atoms with Gasteiger partial charge in [0.05, 0.1) is 22.5 Å². The second kappa shape index (κ2) is 9.90. The van der Waals surface area contributed by atoms with Crippen LogP contribution in [-0.4, -0.2) is 35.3 Å². The van der Waals surface area contributed by atoms with Crippen molar-refractivity contribution in [3.63, 3.8) is 0 Å². The van der Waals surface area contributed by atoms with Crippen LogP contribution in [0.2, 0.25) is 5.15 Å². The summed E-state index contributed by atoms with van der Waals surface area (Å²) < 4.78 is 0. The number of rotatable bonds is 5. The summed E-state index contributed by atoms with van der Waals surface area (Å²) in [6.07, 6.45) is 3.22. The molecule has 0 atom stereocenters. The van der Waals surface area contributed by atoms with Crippen LogP contribution in [0.4, 0.5) is 11.4 Å². The van der Waals surface area contributed by atoms with Gasteiger partial charge in [0.1, 0.15) is 5.15 Å². The summed E-state index contributed by atoms with van der Waals surface area (Å²) in [5.74, 6) is -1.30. The monoisotopic (exact) mass is 381 g/mol. The number of pyridine rings is 1. The minimum atomic E-state index is -0.996. The Morgan fingerprint density at radius 3 is 2.44 bits per heavy atom. The summed E-state index contributed by atoms with van der Waals surface area (Å²) in [7, 11) is 1.52. The van der Waals surface area contributed by atoms with Crippen LogP contribution in [0, 0.1) is 0 Å². The third kappa shape index (κ3) is 5.37. The van der Waals surface area contributed by atoms with Gasteiger partial charge in [-0.2, -0.15) is 0 Å². The maximum Gasteiger partial charge on any atom is 0.335 e. The van der Waals surface area contributed by atoms with Gasteiger partial charge in [0.15, 0.2) is 0 Å². The Morgan fingerprint density at radius 2 is 1.88 bits per heavy atom. The molecule has 1 heterocycles. The van der Waals surface area contributed by atoms with E-state index in [1.807, 2.05) is 20.1 Å². The van der Waals surface area contributed by atoms with Crippen LogP contribution >= 0.6 is 23.4 Å². The van der Waals surface area contributed by atoms with Crippen LogP contribution in [-0.2, 0) is 0 Å². The van der Waals surface area contributed by atoms with Gasteiger partial charge in [-0.15, -0.1) is 11.8 Å². The number of carbonyl (C=O) groups excluding carboxylic acids is 1. The van der Waals surface area contributed by atoms with Crippen molar-refractivity contribution in [2.75, 3.05) is 18.6 Å². The highest BCUT2D eigenvalue weighted by Crippen LogP contribution is 2.31. The molecule has 0 aliphatic rings. The molecule has 0 aliphatic heterocycles. The highest BCUT2D eigenvalue weighted by Gasteiger charge is 2.14. The van der Waals surface area contributed by atoms with Crippen LogP contribution in [0.1, 0.15) is 34.6 Å². The molecule has 134 valence electrons. The lowest BCUT2D eigenvalue weighted by Gasteiger charge is -2.14. The van der Waals surface area contributed by atoms with Crippen LogP contribution in [0.5, 0.6) is 0 Å². The quantitative estimate of drug-likeness (QED) is 0.528. The number of hydrogen-bond acceptors (Lipinski definition) is 5. The molecule has 0 spiro atoms. The van der Waals surface area contributed by atoms with E-state index >= 15 is 0 Å². The molecule has 1 aromatic heterocycles. The number of aromatic nitrogens is 1. The maximum absolute atomic E-state index is 11.9. The molecule has 0 fully saturated rings. The number of nitrogens with zero attached hydrogens (tertiary/aromatic N) is 1. The minimum Gasteiger partial charge on any atom is -0.478 e. The number of carbonyl (C=O) groups is 2. The molecule has 3 N–H and O–H groups in total. The smallest absolute Gasteiger partial charge is 0.335 e. The maximum atomic E-state index is 11.9. The van der Waals surface area contributed by atoms with E-state index in [0.29, 0.717) is 16.9 Å². The van der Waals surface area contributed by atoms with Crippen molar-refractivity contribution in [1.29, 1.82) is 0 Å². The first-order valence-electron chi connectivity index (χ1n) is 7.52. The third-order valence-electron chi connectivity index (χ3n) is 3.06. The Bertz CT molecular complexity index is 769. The number of benzene rings is 1. The molecule has 0 unspecified atom stereocenters. The van der Waals surface area contributed by atoms with Gasteiger partial charge in [-0.25, -0.2) is 9.78 Å². The standard InChI is InChI=1S/C15H14ClN3O3S.C2H6/c1-17-14(20)9-7-18-13(16)6-11(9)19-10-4-3-8(15(21)22)5-12(10)23-2;1-2/h3-7H,1-2H3,(H,17,20)(H,18,19)(H,21,22);1-2H3. The Kier molecular flexibility index (Phi) is 8.24. The Labute approximate surface area is 156 Å². The van der Waals surface area contributed by atoms with Crippen LogP contribution in [0.15, 0.2) is 35.4 Å². The second-order valence-electron chi connectivity index (χ2n) is 4.48. The zero-order valence-electron chi connectivity index (χ0n) is 14.4. The average molecular weight is 382 g/mol. The molecule has 1 amide bonds. The fraction of sp³-hybridized carbons (Fsp3) is 0.235. The van der Waals surface area contributed by atoms with Crippen molar-refractivity contribution in [2.45, 2.75) is 18.7 Å². The molecule has 0 radical (unpaired) electrons. The van der Waals surface area contributed by atoms with Crippen LogP contribution in [0.3, 0.4) is 0 Å². The Hall–Kier alpha value is -2.25. The summed E-state index contributed by atoms with van der Waals surface area (Å²) in [6.45, 7) is 4.00. The SMILES string of the molecule is CC.CNC(=O)c1cnc(Cl)cc1Nc1ccc(C(=O)O)cc1SC. The summed E-state index contributed by atoms with van der Waals surface area (Å²) in [6, 6.07) is 6.25. The van der Waals surface area contributed by atoms with E-state index in [1.54, 1.807) is 18.2 Å². The zero-order valence-corrected chi connectivity index (χ0v) is 16.0. The van der Waals surface area contributed by atoms with E-state index in [4.69, 9.17) is 16.7 Å². The molecule has 0 aliphatic carbocycles. The van der Waals surface area contributed by atoms with Gasteiger partial charge in [-0.1, -0.05) is 25.4 Å². The second-order valence-corrected chi connectivity index (χ2v) is 5.71. The summed E-state index contributed by atoms with van der Waals surface area (Å²) >= 11 is 7.30. The number of amides is 1. The van der Waals surface area contributed by atoms with E-state index < -0.39 is 5.97 Å². The molecule has 2 rings (SSSR count).